The number of aryl methyl sites for hydroxylation is 1. The van der Waals surface area contributed by atoms with E-state index in [0.29, 0.717) is 0 Å². The topological polar surface area (TPSA) is 29.9 Å². The zero-order chi connectivity index (χ0) is 13.2. The zero-order valence-corrected chi connectivity index (χ0v) is 12.3. The predicted molar refractivity (Wildman–Crippen MR) is 76.8 cm³/mol. The molecule has 0 aromatic carbocycles. The zero-order valence-electron chi connectivity index (χ0n) is 11.5. The normalized spacial score (nSPS) is 12.0. The summed E-state index contributed by atoms with van der Waals surface area (Å²) < 4.78 is 2.07. The Morgan fingerprint density at radius 1 is 1.33 bits per heavy atom. The van der Waals surface area contributed by atoms with Crippen LogP contribution in [0.5, 0.6) is 0 Å². The molecule has 0 bridgehead atoms. The number of hydrogen-bond acceptors (Lipinski definition) is 3. The molecule has 1 N–H and O–H groups in total. The van der Waals surface area contributed by atoms with Gasteiger partial charge in [-0.3, -0.25) is 0 Å². The van der Waals surface area contributed by atoms with Gasteiger partial charge in [0.2, 0.25) is 0 Å². The Morgan fingerprint density at radius 3 is 2.67 bits per heavy atom. The fraction of sp³-hybridized carbons (Fsp3) is 0.500. The van der Waals surface area contributed by atoms with E-state index in [1.165, 1.54) is 11.3 Å². The molecule has 2 aromatic rings. The van der Waals surface area contributed by atoms with E-state index in [4.69, 9.17) is 0 Å². The SMILES string of the molecule is Cn1ccc(CNCc2nc(C(C)(C)C)cs2)c1. The number of nitrogens with zero attached hydrogens (tertiary/aromatic N) is 2. The fourth-order valence-corrected chi connectivity index (χ4v) is 2.71. The summed E-state index contributed by atoms with van der Waals surface area (Å²) in [6, 6.07) is 2.13. The molecule has 0 amide bonds. The molecule has 0 unspecified atom stereocenters. The van der Waals surface area contributed by atoms with Gasteiger partial charge in [-0.05, 0) is 11.6 Å². The van der Waals surface area contributed by atoms with Crippen LogP contribution < -0.4 is 5.32 Å². The van der Waals surface area contributed by atoms with Gasteiger partial charge in [-0.2, -0.15) is 0 Å². The summed E-state index contributed by atoms with van der Waals surface area (Å²) in [5.74, 6) is 0. The maximum absolute atomic E-state index is 4.67. The molecular formula is C14H21N3S. The summed E-state index contributed by atoms with van der Waals surface area (Å²) in [6.07, 6.45) is 4.20. The first-order valence-electron chi connectivity index (χ1n) is 6.21. The highest BCUT2D eigenvalue weighted by atomic mass is 32.1. The van der Waals surface area contributed by atoms with Gasteiger partial charge in [0.1, 0.15) is 5.01 Å². The lowest BCUT2D eigenvalue weighted by Crippen LogP contribution is -2.14. The lowest BCUT2D eigenvalue weighted by molar-refractivity contribution is 0.568. The average Bonchev–Trinajstić information content (AvgIpc) is 2.87. The second kappa shape index (κ2) is 5.24. The monoisotopic (exact) mass is 263 g/mol. The van der Waals surface area contributed by atoms with Gasteiger partial charge in [0.25, 0.3) is 0 Å². The van der Waals surface area contributed by atoms with E-state index >= 15 is 0 Å². The Bertz CT molecular complexity index is 505. The summed E-state index contributed by atoms with van der Waals surface area (Å²) in [6.45, 7) is 8.33. The first-order chi connectivity index (χ1) is 8.45. The van der Waals surface area contributed by atoms with E-state index in [-0.39, 0.29) is 5.41 Å². The summed E-state index contributed by atoms with van der Waals surface area (Å²) in [5, 5.41) is 6.76. The minimum Gasteiger partial charge on any atom is -0.357 e. The Balaban J connectivity index is 1.85. The van der Waals surface area contributed by atoms with Crippen LogP contribution >= 0.6 is 11.3 Å². The van der Waals surface area contributed by atoms with Gasteiger partial charge >= 0.3 is 0 Å². The van der Waals surface area contributed by atoms with Gasteiger partial charge in [-0.15, -0.1) is 11.3 Å². The van der Waals surface area contributed by atoms with Crippen LogP contribution in [-0.4, -0.2) is 9.55 Å². The van der Waals surface area contributed by atoms with E-state index < -0.39 is 0 Å². The molecule has 0 saturated carbocycles. The van der Waals surface area contributed by atoms with Gasteiger partial charge in [0, 0.05) is 43.3 Å². The molecule has 98 valence electrons. The van der Waals surface area contributed by atoms with E-state index in [0.717, 1.165) is 18.1 Å². The van der Waals surface area contributed by atoms with E-state index in [2.05, 4.69) is 59.5 Å². The number of nitrogens with one attached hydrogen (secondary N) is 1. The fourth-order valence-electron chi connectivity index (χ4n) is 1.72. The van der Waals surface area contributed by atoms with Crippen LogP contribution in [0.4, 0.5) is 0 Å². The number of aromatic nitrogens is 2. The quantitative estimate of drug-likeness (QED) is 0.918. The standard InChI is InChI=1S/C14H21N3S/c1-14(2,3)12-10-18-13(16-12)8-15-7-11-5-6-17(4)9-11/h5-6,9-10,15H,7-8H2,1-4H3. The third-order valence-corrected chi connectivity index (χ3v) is 3.67. The third kappa shape index (κ3) is 3.43. The Labute approximate surface area is 113 Å². The maximum Gasteiger partial charge on any atom is 0.107 e. The van der Waals surface area contributed by atoms with E-state index in [9.17, 15) is 0 Å². The first-order valence-corrected chi connectivity index (χ1v) is 7.09. The van der Waals surface area contributed by atoms with Crippen molar-refractivity contribution < 1.29 is 0 Å². The van der Waals surface area contributed by atoms with Crippen molar-refractivity contribution >= 4 is 11.3 Å². The third-order valence-electron chi connectivity index (χ3n) is 2.82. The highest BCUT2D eigenvalue weighted by molar-refractivity contribution is 7.09. The molecule has 18 heavy (non-hydrogen) atoms. The summed E-state index contributed by atoms with van der Waals surface area (Å²) in [7, 11) is 2.04. The van der Waals surface area contributed by atoms with Crippen molar-refractivity contribution in [2.45, 2.75) is 39.3 Å². The largest absolute Gasteiger partial charge is 0.357 e. The van der Waals surface area contributed by atoms with Crippen LogP contribution in [0.1, 0.15) is 37.0 Å². The molecule has 0 spiro atoms. The van der Waals surface area contributed by atoms with E-state index in [1.807, 2.05) is 7.05 Å². The van der Waals surface area contributed by atoms with Crippen LogP contribution in [0.3, 0.4) is 0 Å². The summed E-state index contributed by atoms with van der Waals surface area (Å²) in [5.41, 5.74) is 2.64. The van der Waals surface area contributed by atoms with Gasteiger partial charge in [-0.1, -0.05) is 20.8 Å². The van der Waals surface area contributed by atoms with Crippen molar-refractivity contribution in [1.82, 2.24) is 14.9 Å². The summed E-state index contributed by atoms with van der Waals surface area (Å²) in [4.78, 5) is 4.67. The highest BCUT2D eigenvalue weighted by Crippen LogP contribution is 2.23. The first kappa shape index (κ1) is 13.3. The van der Waals surface area contributed by atoms with Crippen LogP contribution in [-0.2, 0) is 25.6 Å². The van der Waals surface area contributed by atoms with Crippen LogP contribution in [0.15, 0.2) is 23.8 Å². The number of hydrogen-bond donors (Lipinski definition) is 1. The van der Waals surface area contributed by atoms with Crippen molar-refractivity contribution in [3.63, 3.8) is 0 Å². The van der Waals surface area contributed by atoms with Crippen molar-refractivity contribution in [1.29, 1.82) is 0 Å². The van der Waals surface area contributed by atoms with Crippen molar-refractivity contribution in [2.75, 3.05) is 0 Å². The molecule has 0 fully saturated rings. The van der Waals surface area contributed by atoms with Crippen LogP contribution in [0.2, 0.25) is 0 Å². The van der Waals surface area contributed by atoms with Gasteiger partial charge in [0.15, 0.2) is 0 Å². The lowest BCUT2D eigenvalue weighted by atomic mass is 9.93. The number of thiazole rings is 1. The van der Waals surface area contributed by atoms with Crippen LogP contribution in [0, 0.1) is 0 Å². The molecule has 2 heterocycles. The molecule has 4 heteroatoms. The molecular weight excluding hydrogens is 242 g/mol. The second-order valence-electron chi connectivity index (χ2n) is 5.67. The van der Waals surface area contributed by atoms with E-state index in [1.54, 1.807) is 11.3 Å². The molecule has 0 atom stereocenters. The Hall–Kier alpha value is -1.13. The lowest BCUT2D eigenvalue weighted by Gasteiger charge is -2.14. The predicted octanol–water partition coefficient (Wildman–Crippen LogP) is 3.07. The summed E-state index contributed by atoms with van der Waals surface area (Å²) >= 11 is 1.74. The smallest absolute Gasteiger partial charge is 0.107 e. The molecule has 2 rings (SSSR count). The molecule has 3 nitrogen and oxygen atoms in total. The molecule has 0 aliphatic carbocycles. The second-order valence-corrected chi connectivity index (χ2v) is 6.61. The molecule has 0 radical (unpaired) electrons. The molecule has 2 aromatic heterocycles. The molecule has 0 saturated heterocycles. The van der Waals surface area contributed by atoms with Gasteiger partial charge in [0.05, 0.1) is 5.69 Å². The van der Waals surface area contributed by atoms with Gasteiger partial charge < -0.3 is 9.88 Å². The minimum absolute atomic E-state index is 0.147. The Kier molecular flexibility index (Phi) is 3.88. The minimum atomic E-state index is 0.147. The van der Waals surface area contributed by atoms with Crippen molar-refractivity contribution in [3.8, 4) is 0 Å². The van der Waals surface area contributed by atoms with Crippen LogP contribution in [0.25, 0.3) is 0 Å². The number of rotatable bonds is 4. The molecule has 0 aliphatic heterocycles. The van der Waals surface area contributed by atoms with Crippen molar-refractivity contribution in [2.24, 2.45) is 7.05 Å². The highest BCUT2D eigenvalue weighted by Gasteiger charge is 2.17. The maximum atomic E-state index is 4.67. The van der Waals surface area contributed by atoms with Crippen molar-refractivity contribution in [3.05, 3.63) is 40.1 Å². The molecule has 0 aliphatic rings. The van der Waals surface area contributed by atoms with Gasteiger partial charge in [-0.25, -0.2) is 4.98 Å². The Morgan fingerprint density at radius 2 is 2.11 bits per heavy atom. The average molecular weight is 263 g/mol.